The number of thioether (sulfide) groups is 1. The van der Waals surface area contributed by atoms with Crippen LogP contribution < -0.4 is 11.2 Å². The van der Waals surface area contributed by atoms with E-state index < -0.39 is 0 Å². The Morgan fingerprint density at radius 2 is 1.95 bits per heavy atom. The summed E-state index contributed by atoms with van der Waals surface area (Å²) in [4.78, 5) is 29.5. The van der Waals surface area contributed by atoms with Crippen LogP contribution in [0, 0.1) is 0 Å². The molecule has 19 heavy (non-hydrogen) atoms. The standard InChI is InChI=1S/C13H17N3O2S/c1-5-6-8-7-14-11-9(10(8)19-4)12(17)16(3)13(18)15(11)2/h7H,5-6H2,1-4H3. The molecule has 0 saturated carbocycles. The topological polar surface area (TPSA) is 56.9 Å². The van der Waals surface area contributed by atoms with Gasteiger partial charge in [0, 0.05) is 25.2 Å². The zero-order chi connectivity index (χ0) is 14.2. The van der Waals surface area contributed by atoms with Crippen molar-refractivity contribution in [1.29, 1.82) is 0 Å². The van der Waals surface area contributed by atoms with E-state index in [4.69, 9.17) is 0 Å². The van der Waals surface area contributed by atoms with Gasteiger partial charge in [0.05, 0.1) is 5.39 Å². The summed E-state index contributed by atoms with van der Waals surface area (Å²) < 4.78 is 2.56. The van der Waals surface area contributed by atoms with Gasteiger partial charge >= 0.3 is 5.69 Å². The summed E-state index contributed by atoms with van der Waals surface area (Å²) in [6.45, 7) is 2.09. The van der Waals surface area contributed by atoms with Crippen molar-refractivity contribution in [2.24, 2.45) is 14.1 Å². The van der Waals surface area contributed by atoms with Crippen LogP contribution in [0.3, 0.4) is 0 Å². The number of pyridine rings is 1. The highest BCUT2D eigenvalue weighted by atomic mass is 32.2. The van der Waals surface area contributed by atoms with E-state index in [1.807, 2.05) is 6.26 Å². The maximum atomic E-state index is 12.3. The molecule has 2 heterocycles. The summed E-state index contributed by atoms with van der Waals surface area (Å²) >= 11 is 1.53. The van der Waals surface area contributed by atoms with Gasteiger partial charge in [-0.2, -0.15) is 0 Å². The Morgan fingerprint density at radius 3 is 2.53 bits per heavy atom. The van der Waals surface area contributed by atoms with E-state index in [9.17, 15) is 9.59 Å². The first kappa shape index (κ1) is 13.9. The molecule has 0 spiro atoms. The molecule has 0 aliphatic rings. The molecule has 102 valence electrons. The maximum Gasteiger partial charge on any atom is 0.332 e. The minimum absolute atomic E-state index is 0.270. The SMILES string of the molecule is CCCc1cnc2c(c1SC)c(=O)n(C)c(=O)n2C. The van der Waals surface area contributed by atoms with Gasteiger partial charge in [-0.05, 0) is 18.2 Å². The average molecular weight is 279 g/mol. The number of nitrogens with zero attached hydrogens (tertiary/aromatic N) is 3. The lowest BCUT2D eigenvalue weighted by Gasteiger charge is -2.12. The Kier molecular flexibility index (Phi) is 3.80. The van der Waals surface area contributed by atoms with Gasteiger partial charge in [-0.3, -0.25) is 13.9 Å². The third kappa shape index (κ3) is 2.10. The molecule has 0 fully saturated rings. The van der Waals surface area contributed by atoms with Crippen molar-refractivity contribution < 1.29 is 0 Å². The van der Waals surface area contributed by atoms with Crippen LogP contribution in [0.2, 0.25) is 0 Å². The van der Waals surface area contributed by atoms with Gasteiger partial charge in [0.2, 0.25) is 0 Å². The van der Waals surface area contributed by atoms with Crippen molar-refractivity contribution in [2.75, 3.05) is 6.26 Å². The third-order valence-corrected chi connectivity index (χ3v) is 4.09. The predicted octanol–water partition coefficient (Wildman–Crippen LogP) is 1.31. The zero-order valence-electron chi connectivity index (χ0n) is 11.6. The Balaban J connectivity index is 3.01. The van der Waals surface area contributed by atoms with E-state index >= 15 is 0 Å². The highest BCUT2D eigenvalue weighted by Crippen LogP contribution is 2.26. The van der Waals surface area contributed by atoms with Crippen LogP contribution in [0.25, 0.3) is 11.0 Å². The van der Waals surface area contributed by atoms with Crippen LogP contribution in [0.15, 0.2) is 20.7 Å². The van der Waals surface area contributed by atoms with Crippen molar-refractivity contribution in [3.05, 3.63) is 32.6 Å². The number of hydrogen-bond acceptors (Lipinski definition) is 4. The smallest absolute Gasteiger partial charge is 0.280 e. The van der Waals surface area contributed by atoms with E-state index in [1.165, 1.54) is 23.4 Å². The fourth-order valence-electron chi connectivity index (χ4n) is 2.22. The molecule has 0 amide bonds. The molecule has 2 rings (SSSR count). The molecule has 0 bridgehead atoms. The lowest BCUT2D eigenvalue weighted by molar-refractivity contribution is 0.704. The highest BCUT2D eigenvalue weighted by molar-refractivity contribution is 7.98. The lowest BCUT2D eigenvalue weighted by Crippen LogP contribution is -2.37. The Morgan fingerprint density at radius 1 is 1.26 bits per heavy atom. The predicted molar refractivity (Wildman–Crippen MR) is 78.0 cm³/mol. The molecule has 0 saturated heterocycles. The van der Waals surface area contributed by atoms with Gasteiger partial charge in [-0.15, -0.1) is 11.8 Å². The molecule has 0 atom stereocenters. The molecule has 0 aliphatic heterocycles. The molecule has 0 radical (unpaired) electrons. The summed E-state index contributed by atoms with van der Waals surface area (Å²) in [5.41, 5.74) is 0.906. The van der Waals surface area contributed by atoms with Gasteiger partial charge in [-0.25, -0.2) is 9.78 Å². The summed E-state index contributed by atoms with van der Waals surface area (Å²) in [6.07, 6.45) is 5.59. The fraction of sp³-hybridized carbons (Fsp3) is 0.462. The number of aryl methyl sites for hydroxylation is 2. The van der Waals surface area contributed by atoms with Crippen LogP contribution in [0.5, 0.6) is 0 Å². The summed E-state index contributed by atoms with van der Waals surface area (Å²) in [5, 5.41) is 0.544. The van der Waals surface area contributed by atoms with Crippen LogP contribution >= 0.6 is 11.8 Å². The third-order valence-electron chi connectivity index (χ3n) is 3.22. The van der Waals surface area contributed by atoms with Crippen molar-refractivity contribution in [3.8, 4) is 0 Å². The monoisotopic (exact) mass is 279 g/mol. The molecular formula is C13H17N3O2S. The first-order valence-corrected chi connectivity index (χ1v) is 7.37. The highest BCUT2D eigenvalue weighted by Gasteiger charge is 2.15. The summed E-state index contributed by atoms with van der Waals surface area (Å²) in [6, 6.07) is 0. The normalized spacial score (nSPS) is 11.2. The van der Waals surface area contributed by atoms with Crippen LogP contribution in [0.1, 0.15) is 18.9 Å². The van der Waals surface area contributed by atoms with Gasteiger partial charge < -0.3 is 0 Å². The largest absolute Gasteiger partial charge is 0.332 e. The van der Waals surface area contributed by atoms with Gasteiger partial charge in [0.25, 0.3) is 5.56 Å². The van der Waals surface area contributed by atoms with Crippen molar-refractivity contribution in [1.82, 2.24) is 14.1 Å². The summed E-state index contributed by atoms with van der Waals surface area (Å²) in [5.74, 6) is 0. The molecular weight excluding hydrogens is 262 g/mol. The quantitative estimate of drug-likeness (QED) is 0.795. The second kappa shape index (κ2) is 5.21. The van der Waals surface area contributed by atoms with E-state index in [1.54, 1.807) is 13.2 Å². The van der Waals surface area contributed by atoms with E-state index in [2.05, 4.69) is 11.9 Å². The minimum atomic E-state index is -0.347. The first-order chi connectivity index (χ1) is 9.02. The van der Waals surface area contributed by atoms with Crippen molar-refractivity contribution >= 4 is 22.8 Å². The molecule has 2 aromatic heterocycles. The lowest BCUT2D eigenvalue weighted by atomic mass is 10.1. The molecule has 0 aliphatic carbocycles. The molecule has 5 nitrogen and oxygen atoms in total. The Labute approximate surface area is 115 Å². The number of hydrogen-bond donors (Lipinski definition) is 0. The average Bonchev–Trinajstić information content (AvgIpc) is 2.42. The maximum absolute atomic E-state index is 12.3. The van der Waals surface area contributed by atoms with E-state index in [0.717, 1.165) is 27.9 Å². The van der Waals surface area contributed by atoms with E-state index in [0.29, 0.717) is 11.0 Å². The minimum Gasteiger partial charge on any atom is -0.280 e. The number of fused-ring (bicyclic) bond motifs is 1. The Hall–Kier alpha value is -1.56. The second-order valence-electron chi connectivity index (χ2n) is 4.47. The first-order valence-electron chi connectivity index (χ1n) is 6.14. The van der Waals surface area contributed by atoms with Crippen molar-refractivity contribution in [3.63, 3.8) is 0 Å². The second-order valence-corrected chi connectivity index (χ2v) is 5.29. The zero-order valence-corrected chi connectivity index (χ0v) is 12.4. The summed E-state index contributed by atoms with van der Waals surface area (Å²) in [7, 11) is 3.14. The van der Waals surface area contributed by atoms with Crippen LogP contribution in [0.4, 0.5) is 0 Å². The molecule has 0 aromatic carbocycles. The molecule has 6 heteroatoms. The van der Waals surface area contributed by atoms with Crippen LogP contribution in [-0.4, -0.2) is 20.4 Å². The fourth-order valence-corrected chi connectivity index (χ4v) is 3.02. The Bertz CT molecular complexity index is 746. The molecule has 0 N–H and O–H groups in total. The molecule has 0 unspecified atom stereocenters. The van der Waals surface area contributed by atoms with Gasteiger partial charge in [-0.1, -0.05) is 13.3 Å². The van der Waals surface area contributed by atoms with Crippen LogP contribution in [-0.2, 0) is 20.5 Å². The van der Waals surface area contributed by atoms with Gasteiger partial charge in [0.1, 0.15) is 5.65 Å². The van der Waals surface area contributed by atoms with Gasteiger partial charge in [0.15, 0.2) is 0 Å². The van der Waals surface area contributed by atoms with Crippen molar-refractivity contribution in [2.45, 2.75) is 24.7 Å². The number of aromatic nitrogens is 3. The van der Waals surface area contributed by atoms with E-state index in [-0.39, 0.29) is 11.2 Å². The molecule has 2 aromatic rings. The number of rotatable bonds is 3.